The molecule has 0 unspecified atom stereocenters. The van der Waals surface area contributed by atoms with E-state index in [-0.39, 0.29) is 5.78 Å². The van der Waals surface area contributed by atoms with E-state index in [0.29, 0.717) is 11.3 Å². The van der Waals surface area contributed by atoms with E-state index in [4.69, 9.17) is 4.74 Å². The largest absolute Gasteiger partial charge is 0.456 e. The molecule has 2 nitrogen and oxygen atoms in total. The lowest BCUT2D eigenvalue weighted by Crippen LogP contribution is -1.99. The average Bonchev–Trinajstić information content (AvgIpc) is 2.45. The molecule has 1 aromatic rings. The zero-order valence-corrected chi connectivity index (χ0v) is 8.64. The lowest BCUT2D eigenvalue weighted by molar-refractivity contribution is 0.104. The maximum absolute atomic E-state index is 12.0. The zero-order valence-electron chi connectivity index (χ0n) is 8.64. The van der Waals surface area contributed by atoms with Gasteiger partial charge in [0.05, 0.1) is 5.56 Å². The molecule has 0 aromatic heterocycles. The number of allylic oxidation sites excluding steroid dienone is 5. The fourth-order valence-electron chi connectivity index (χ4n) is 1.90. The van der Waals surface area contributed by atoms with E-state index in [0.717, 1.165) is 17.8 Å². The molecule has 0 radical (unpaired) electrons. The van der Waals surface area contributed by atoms with Gasteiger partial charge in [0.1, 0.15) is 11.5 Å². The van der Waals surface area contributed by atoms with Crippen LogP contribution in [0.3, 0.4) is 0 Å². The van der Waals surface area contributed by atoms with Crippen molar-refractivity contribution in [1.82, 2.24) is 0 Å². The van der Waals surface area contributed by atoms with E-state index in [1.54, 1.807) is 12.1 Å². The third kappa shape index (κ3) is 1.39. The first-order valence-corrected chi connectivity index (χ1v) is 5.23. The van der Waals surface area contributed by atoms with E-state index in [2.05, 4.69) is 0 Å². The first-order valence-electron chi connectivity index (χ1n) is 5.23. The Morgan fingerprint density at radius 1 is 1.19 bits per heavy atom. The van der Waals surface area contributed by atoms with Crippen LogP contribution in [-0.2, 0) is 0 Å². The maximum Gasteiger partial charge on any atom is 0.190 e. The highest BCUT2D eigenvalue weighted by molar-refractivity contribution is 6.07. The summed E-state index contributed by atoms with van der Waals surface area (Å²) in [6.07, 6.45) is 8.28. The first-order chi connectivity index (χ1) is 7.84. The quantitative estimate of drug-likeness (QED) is 0.658. The Balaban J connectivity index is 2.17. The number of hydrogen-bond acceptors (Lipinski definition) is 2. The third-order valence-corrected chi connectivity index (χ3v) is 2.72. The Kier molecular flexibility index (Phi) is 2.00. The lowest BCUT2D eigenvalue weighted by atomic mass is 10.0. The molecule has 0 bridgehead atoms. The van der Waals surface area contributed by atoms with Crippen LogP contribution in [-0.4, -0.2) is 5.78 Å². The topological polar surface area (TPSA) is 26.3 Å². The molecule has 1 aromatic carbocycles. The van der Waals surface area contributed by atoms with Gasteiger partial charge in [-0.15, -0.1) is 0 Å². The van der Waals surface area contributed by atoms with Gasteiger partial charge in [0, 0.05) is 5.57 Å². The van der Waals surface area contributed by atoms with Gasteiger partial charge in [-0.1, -0.05) is 24.3 Å². The Hall–Kier alpha value is -2.09. The summed E-state index contributed by atoms with van der Waals surface area (Å²) in [4.78, 5) is 12.0. The number of ether oxygens (including phenoxy) is 1. The van der Waals surface area contributed by atoms with Crippen LogP contribution in [0.15, 0.2) is 59.9 Å². The molecular formula is C14H10O2. The Labute approximate surface area is 93.5 Å². The van der Waals surface area contributed by atoms with Gasteiger partial charge < -0.3 is 4.74 Å². The Morgan fingerprint density at radius 3 is 3.00 bits per heavy atom. The van der Waals surface area contributed by atoms with Crippen molar-refractivity contribution in [3.63, 3.8) is 0 Å². The molecule has 0 saturated heterocycles. The van der Waals surface area contributed by atoms with E-state index < -0.39 is 0 Å². The van der Waals surface area contributed by atoms with Crippen LogP contribution < -0.4 is 4.74 Å². The number of benzene rings is 1. The molecule has 1 heterocycles. The zero-order chi connectivity index (χ0) is 11.0. The Morgan fingerprint density at radius 2 is 2.06 bits per heavy atom. The van der Waals surface area contributed by atoms with Crippen LogP contribution in [0.4, 0.5) is 0 Å². The van der Waals surface area contributed by atoms with E-state index in [1.807, 2.05) is 36.4 Å². The number of para-hydroxylation sites is 1. The monoisotopic (exact) mass is 210 g/mol. The van der Waals surface area contributed by atoms with Crippen LogP contribution in [0.5, 0.6) is 5.75 Å². The smallest absolute Gasteiger partial charge is 0.190 e. The van der Waals surface area contributed by atoms with Crippen molar-refractivity contribution >= 4 is 5.78 Å². The van der Waals surface area contributed by atoms with Gasteiger partial charge in [0.2, 0.25) is 0 Å². The summed E-state index contributed by atoms with van der Waals surface area (Å²) in [5, 5.41) is 0. The second-order valence-electron chi connectivity index (χ2n) is 3.80. The third-order valence-electron chi connectivity index (χ3n) is 2.72. The SMILES string of the molecule is O=C1C=C2CC=CC=C2Oc2ccccc21. The second kappa shape index (κ2) is 3.49. The molecule has 1 aliphatic heterocycles. The van der Waals surface area contributed by atoms with Gasteiger partial charge in [0.25, 0.3) is 0 Å². The average molecular weight is 210 g/mol. The number of hydrogen-bond donors (Lipinski definition) is 0. The summed E-state index contributed by atoms with van der Waals surface area (Å²) < 4.78 is 5.75. The second-order valence-corrected chi connectivity index (χ2v) is 3.80. The van der Waals surface area contributed by atoms with Gasteiger partial charge in [-0.25, -0.2) is 0 Å². The van der Waals surface area contributed by atoms with Crippen molar-refractivity contribution in [2.45, 2.75) is 6.42 Å². The van der Waals surface area contributed by atoms with Gasteiger partial charge in [-0.2, -0.15) is 0 Å². The number of ketones is 1. The van der Waals surface area contributed by atoms with Crippen molar-refractivity contribution in [3.8, 4) is 5.75 Å². The standard InChI is InChI=1S/C14H10O2/c15-12-9-10-5-1-3-7-13(10)16-14-8-4-2-6-11(12)14/h1-4,6-9H,5H2. The van der Waals surface area contributed by atoms with E-state index >= 15 is 0 Å². The van der Waals surface area contributed by atoms with Crippen LogP contribution in [0.2, 0.25) is 0 Å². The molecule has 0 fully saturated rings. The van der Waals surface area contributed by atoms with Crippen LogP contribution in [0.1, 0.15) is 16.8 Å². The van der Waals surface area contributed by atoms with E-state index in [9.17, 15) is 4.79 Å². The fourth-order valence-corrected chi connectivity index (χ4v) is 1.90. The minimum absolute atomic E-state index is 0.0179. The molecule has 0 saturated carbocycles. The summed E-state index contributed by atoms with van der Waals surface area (Å²) in [6, 6.07) is 7.33. The van der Waals surface area contributed by atoms with E-state index in [1.165, 1.54) is 0 Å². The van der Waals surface area contributed by atoms with Crippen LogP contribution in [0.25, 0.3) is 0 Å². The van der Waals surface area contributed by atoms with Crippen LogP contribution >= 0.6 is 0 Å². The Bertz CT molecular complexity index is 548. The minimum atomic E-state index is 0.0179. The first kappa shape index (κ1) is 9.16. The predicted molar refractivity (Wildman–Crippen MR) is 61.3 cm³/mol. The summed E-state index contributed by atoms with van der Waals surface area (Å²) in [5.41, 5.74) is 1.58. The lowest BCUT2D eigenvalue weighted by Gasteiger charge is -2.12. The summed E-state index contributed by atoms with van der Waals surface area (Å²) in [6.45, 7) is 0. The van der Waals surface area contributed by atoms with Gasteiger partial charge in [-0.3, -0.25) is 4.79 Å². The van der Waals surface area contributed by atoms with Crippen molar-refractivity contribution in [3.05, 3.63) is 65.5 Å². The van der Waals surface area contributed by atoms with Crippen molar-refractivity contribution in [2.24, 2.45) is 0 Å². The maximum atomic E-state index is 12.0. The number of rotatable bonds is 0. The fraction of sp³-hybridized carbons (Fsp3) is 0.0714. The predicted octanol–water partition coefficient (Wildman–Crippen LogP) is 3.03. The summed E-state index contributed by atoms with van der Waals surface area (Å²) in [5.74, 6) is 1.44. The molecule has 0 spiro atoms. The number of carbonyl (C=O) groups excluding carboxylic acids is 1. The van der Waals surface area contributed by atoms with Gasteiger partial charge in [0.15, 0.2) is 5.78 Å². The van der Waals surface area contributed by atoms with Gasteiger partial charge >= 0.3 is 0 Å². The minimum Gasteiger partial charge on any atom is -0.456 e. The molecule has 78 valence electrons. The molecule has 2 aliphatic rings. The molecule has 0 atom stereocenters. The van der Waals surface area contributed by atoms with Gasteiger partial charge in [-0.05, 0) is 30.7 Å². The van der Waals surface area contributed by atoms with Crippen molar-refractivity contribution in [2.75, 3.05) is 0 Å². The molecule has 16 heavy (non-hydrogen) atoms. The normalized spacial score (nSPS) is 17.6. The number of carbonyl (C=O) groups is 1. The molecule has 0 N–H and O–H groups in total. The highest BCUT2D eigenvalue weighted by atomic mass is 16.5. The van der Waals surface area contributed by atoms with Crippen LogP contribution in [0, 0.1) is 0 Å². The summed E-state index contributed by atoms with van der Waals surface area (Å²) >= 11 is 0. The summed E-state index contributed by atoms with van der Waals surface area (Å²) in [7, 11) is 0. The molecule has 0 amide bonds. The highest BCUT2D eigenvalue weighted by Gasteiger charge is 2.20. The molecule has 2 heteroatoms. The molecule has 3 rings (SSSR count). The molecular weight excluding hydrogens is 200 g/mol. The number of fused-ring (bicyclic) bond motifs is 2. The van der Waals surface area contributed by atoms with Crippen molar-refractivity contribution in [1.29, 1.82) is 0 Å². The highest BCUT2D eigenvalue weighted by Crippen LogP contribution is 2.30. The van der Waals surface area contributed by atoms with Crippen molar-refractivity contribution < 1.29 is 9.53 Å². The molecule has 1 aliphatic carbocycles.